The topological polar surface area (TPSA) is 88.9 Å². The molecule has 7 nitrogen and oxygen atoms in total. The molecule has 2 aromatic carbocycles. The molecule has 2 N–H and O–H groups in total. The molecule has 9 heteroatoms. The van der Waals surface area contributed by atoms with Crippen molar-refractivity contribution in [3.05, 3.63) is 70.5 Å². The SMILES string of the molecule is CC(C)C[C@H](NC(=O)c1ccccc1Cl)c1nnc(SCC(=O)Nc2ccc(C(C)C)cc2)n1C. The molecule has 3 aromatic rings. The summed E-state index contributed by atoms with van der Waals surface area (Å²) < 4.78 is 1.83. The summed E-state index contributed by atoms with van der Waals surface area (Å²) in [5.41, 5.74) is 2.40. The van der Waals surface area contributed by atoms with Crippen molar-refractivity contribution in [3.63, 3.8) is 0 Å². The van der Waals surface area contributed by atoms with Crippen LogP contribution in [0.4, 0.5) is 5.69 Å². The van der Waals surface area contributed by atoms with E-state index in [0.717, 1.165) is 5.69 Å². The average Bonchev–Trinajstić information content (AvgIpc) is 3.17. The van der Waals surface area contributed by atoms with E-state index >= 15 is 0 Å². The molecule has 2 amide bonds. The van der Waals surface area contributed by atoms with E-state index in [2.05, 4.69) is 48.5 Å². The van der Waals surface area contributed by atoms with Gasteiger partial charge in [-0.25, -0.2) is 0 Å². The first-order chi connectivity index (χ1) is 16.7. The molecule has 0 unspecified atom stereocenters. The van der Waals surface area contributed by atoms with Crippen molar-refractivity contribution in [1.82, 2.24) is 20.1 Å². The summed E-state index contributed by atoms with van der Waals surface area (Å²) in [6.45, 7) is 8.43. The van der Waals surface area contributed by atoms with Crippen molar-refractivity contribution in [1.29, 1.82) is 0 Å². The predicted molar refractivity (Wildman–Crippen MR) is 142 cm³/mol. The minimum absolute atomic E-state index is 0.123. The quantitative estimate of drug-likeness (QED) is 0.332. The fourth-order valence-corrected chi connectivity index (χ4v) is 4.56. The van der Waals surface area contributed by atoms with Crippen molar-refractivity contribution in [3.8, 4) is 0 Å². The number of hydrogen-bond acceptors (Lipinski definition) is 5. The Balaban J connectivity index is 1.66. The van der Waals surface area contributed by atoms with Crippen molar-refractivity contribution in [2.45, 2.75) is 51.2 Å². The number of nitrogens with zero attached hydrogens (tertiary/aromatic N) is 3. The molecule has 1 atom stereocenters. The number of carbonyl (C=O) groups is 2. The van der Waals surface area contributed by atoms with E-state index < -0.39 is 0 Å². The molecular weight excluding hydrogens is 482 g/mol. The summed E-state index contributed by atoms with van der Waals surface area (Å²) in [5.74, 6) is 1.19. The zero-order valence-corrected chi connectivity index (χ0v) is 22.3. The van der Waals surface area contributed by atoms with Crippen LogP contribution in [0.2, 0.25) is 5.02 Å². The molecule has 35 heavy (non-hydrogen) atoms. The van der Waals surface area contributed by atoms with Gasteiger partial charge >= 0.3 is 0 Å². The molecule has 0 bridgehead atoms. The summed E-state index contributed by atoms with van der Waals surface area (Å²) in [5, 5.41) is 15.6. The van der Waals surface area contributed by atoms with Crippen LogP contribution in [0.3, 0.4) is 0 Å². The van der Waals surface area contributed by atoms with E-state index in [1.54, 1.807) is 24.3 Å². The van der Waals surface area contributed by atoms with Gasteiger partial charge in [0.1, 0.15) is 0 Å². The number of thioether (sulfide) groups is 1. The van der Waals surface area contributed by atoms with Gasteiger partial charge in [-0.15, -0.1) is 10.2 Å². The second kappa shape index (κ2) is 12.2. The van der Waals surface area contributed by atoms with E-state index in [-0.39, 0.29) is 23.6 Å². The maximum atomic E-state index is 12.9. The average molecular weight is 514 g/mol. The first-order valence-corrected chi connectivity index (χ1v) is 13.0. The van der Waals surface area contributed by atoms with Gasteiger partial charge in [0.25, 0.3) is 5.91 Å². The van der Waals surface area contributed by atoms with Crippen molar-refractivity contribution >= 4 is 40.9 Å². The van der Waals surface area contributed by atoms with Gasteiger partial charge < -0.3 is 15.2 Å². The number of halogens is 1. The van der Waals surface area contributed by atoms with Crippen molar-refractivity contribution < 1.29 is 9.59 Å². The maximum absolute atomic E-state index is 12.9. The van der Waals surface area contributed by atoms with Gasteiger partial charge in [0.15, 0.2) is 11.0 Å². The molecule has 0 fully saturated rings. The van der Waals surface area contributed by atoms with Crippen molar-refractivity contribution in [2.24, 2.45) is 13.0 Å². The fraction of sp³-hybridized carbons (Fsp3) is 0.385. The lowest BCUT2D eigenvalue weighted by Gasteiger charge is -2.20. The standard InChI is InChI=1S/C26H32ClN5O2S/c1-16(2)14-22(29-25(34)20-8-6-7-9-21(20)27)24-30-31-26(32(24)5)35-15-23(33)28-19-12-10-18(11-13-19)17(3)4/h6-13,16-17,22H,14-15H2,1-5H3,(H,28,33)(H,29,34)/t22-/m0/s1. The smallest absolute Gasteiger partial charge is 0.253 e. The van der Waals surface area contributed by atoms with Crippen LogP contribution in [-0.2, 0) is 11.8 Å². The number of nitrogens with one attached hydrogen (secondary N) is 2. The summed E-state index contributed by atoms with van der Waals surface area (Å²) in [4.78, 5) is 25.4. The summed E-state index contributed by atoms with van der Waals surface area (Å²) in [7, 11) is 1.84. The number of aromatic nitrogens is 3. The molecule has 1 aromatic heterocycles. The first kappa shape index (κ1) is 26.8. The maximum Gasteiger partial charge on any atom is 0.253 e. The lowest BCUT2D eigenvalue weighted by molar-refractivity contribution is -0.113. The highest BCUT2D eigenvalue weighted by molar-refractivity contribution is 7.99. The molecule has 3 rings (SSSR count). The highest BCUT2D eigenvalue weighted by atomic mass is 35.5. The number of amides is 2. The predicted octanol–water partition coefficient (Wildman–Crippen LogP) is 5.84. The Morgan fingerprint density at radius 2 is 1.71 bits per heavy atom. The third-order valence-electron chi connectivity index (χ3n) is 5.50. The first-order valence-electron chi connectivity index (χ1n) is 11.6. The van der Waals surface area contributed by atoms with Gasteiger partial charge in [-0.05, 0) is 48.1 Å². The van der Waals surface area contributed by atoms with E-state index in [1.807, 2.05) is 35.9 Å². The molecule has 0 spiro atoms. The lowest BCUT2D eigenvalue weighted by Crippen LogP contribution is -2.31. The molecular formula is C26H32ClN5O2S. The van der Waals surface area contributed by atoms with Crippen LogP contribution < -0.4 is 10.6 Å². The van der Waals surface area contributed by atoms with Crippen LogP contribution in [0.15, 0.2) is 53.7 Å². The van der Waals surface area contributed by atoms with Crippen LogP contribution in [0, 0.1) is 5.92 Å². The zero-order valence-electron chi connectivity index (χ0n) is 20.7. The van der Waals surface area contributed by atoms with E-state index in [9.17, 15) is 9.59 Å². The van der Waals surface area contributed by atoms with Gasteiger partial charge in [0.05, 0.1) is 22.4 Å². The number of benzene rings is 2. The summed E-state index contributed by atoms with van der Waals surface area (Å²) in [6, 6.07) is 14.5. The molecule has 0 aliphatic heterocycles. The van der Waals surface area contributed by atoms with Crippen LogP contribution >= 0.6 is 23.4 Å². The molecule has 1 heterocycles. The molecule has 0 aliphatic rings. The molecule has 186 valence electrons. The van der Waals surface area contributed by atoms with E-state index in [1.165, 1.54) is 17.3 Å². The van der Waals surface area contributed by atoms with Gasteiger partial charge in [0, 0.05) is 12.7 Å². The minimum atomic E-state index is -0.348. The van der Waals surface area contributed by atoms with Crippen LogP contribution in [0.1, 0.15) is 67.8 Å². The van der Waals surface area contributed by atoms with Gasteiger partial charge in [0.2, 0.25) is 5.91 Å². The number of rotatable bonds is 10. The van der Waals surface area contributed by atoms with Crippen LogP contribution in [0.5, 0.6) is 0 Å². The minimum Gasteiger partial charge on any atom is -0.342 e. The number of anilines is 1. The largest absolute Gasteiger partial charge is 0.342 e. The summed E-state index contributed by atoms with van der Waals surface area (Å²) in [6.07, 6.45) is 0.680. The summed E-state index contributed by atoms with van der Waals surface area (Å²) >= 11 is 7.51. The molecule has 0 saturated heterocycles. The van der Waals surface area contributed by atoms with Crippen molar-refractivity contribution in [2.75, 3.05) is 11.1 Å². The third-order valence-corrected chi connectivity index (χ3v) is 6.85. The second-order valence-corrected chi connectivity index (χ2v) is 10.5. The van der Waals surface area contributed by atoms with E-state index in [4.69, 9.17) is 11.6 Å². The number of hydrogen-bond donors (Lipinski definition) is 2. The monoisotopic (exact) mass is 513 g/mol. The Morgan fingerprint density at radius 3 is 2.34 bits per heavy atom. The molecule has 0 aliphatic carbocycles. The fourth-order valence-electron chi connectivity index (χ4n) is 3.62. The second-order valence-electron chi connectivity index (χ2n) is 9.15. The zero-order chi connectivity index (χ0) is 25.5. The Bertz CT molecular complexity index is 1160. The van der Waals surface area contributed by atoms with E-state index in [0.29, 0.717) is 39.8 Å². The van der Waals surface area contributed by atoms with Gasteiger partial charge in [-0.2, -0.15) is 0 Å². The molecule has 0 radical (unpaired) electrons. The Morgan fingerprint density at radius 1 is 1.03 bits per heavy atom. The normalized spacial score (nSPS) is 12.1. The van der Waals surface area contributed by atoms with Gasteiger partial charge in [-0.1, -0.05) is 75.3 Å². The highest BCUT2D eigenvalue weighted by Crippen LogP contribution is 2.25. The Kier molecular flexibility index (Phi) is 9.34. The lowest BCUT2D eigenvalue weighted by atomic mass is 10.0. The van der Waals surface area contributed by atoms with Crippen LogP contribution in [-0.4, -0.2) is 32.3 Å². The Hall–Kier alpha value is -2.84. The number of carbonyl (C=O) groups excluding carboxylic acids is 2. The third kappa shape index (κ3) is 7.32. The molecule has 0 saturated carbocycles. The Labute approximate surface area is 216 Å². The van der Waals surface area contributed by atoms with Gasteiger partial charge in [-0.3, -0.25) is 9.59 Å². The van der Waals surface area contributed by atoms with Crippen LogP contribution in [0.25, 0.3) is 0 Å². The highest BCUT2D eigenvalue weighted by Gasteiger charge is 2.24.